The molecular formula is C7H9BrN2O2. The maximum Gasteiger partial charge on any atom is 0.316 e. The topological polar surface area (TPSA) is 44.2 Å². The van der Waals surface area contributed by atoms with Crippen molar-refractivity contribution in [3.63, 3.8) is 0 Å². The molecule has 5 heteroatoms. The molecule has 1 aromatic heterocycles. The zero-order chi connectivity index (χ0) is 8.81. The van der Waals surface area contributed by atoms with Crippen LogP contribution in [0.1, 0.15) is 0 Å². The lowest BCUT2D eigenvalue weighted by Gasteiger charge is -2.01. The quantitative estimate of drug-likeness (QED) is 0.734. The third-order valence-electron chi connectivity index (χ3n) is 1.12. The summed E-state index contributed by atoms with van der Waals surface area (Å²) in [6.45, 7) is 1.01. The molecule has 1 rings (SSSR count). The average Bonchev–Trinajstić information content (AvgIpc) is 2.09. The number of ether oxygens (including phenoxy) is 2. The number of nitrogens with zero attached hydrogens (tertiary/aromatic N) is 2. The molecule has 0 radical (unpaired) electrons. The van der Waals surface area contributed by atoms with Crippen molar-refractivity contribution in [2.75, 3.05) is 20.3 Å². The summed E-state index contributed by atoms with van der Waals surface area (Å²) in [5.41, 5.74) is 0. The third kappa shape index (κ3) is 3.15. The molecule has 1 aromatic rings. The van der Waals surface area contributed by atoms with Gasteiger partial charge in [0.15, 0.2) is 0 Å². The number of halogens is 1. The minimum atomic E-state index is 0.371. The predicted molar refractivity (Wildman–Crippen MR) is 47.1 cm³/mol. The summed E-state index contributed by atoms with van der Waals surface area (Å²) in [5.74, 6) is 0. The van der Waals surface area contributed by atoms with Crippen molar-refractivity contribution in [1.29, 1.82) is 0 Å². The number of rotatable bonds is 4. The minimum Gasteiger partial charge on any atom is -0.461 e. The van der Waals surface area contributed by atoms with Gasteiger partial charge in [-0.1, -0.05) is 0 Å². The first kappa shape index (κ1) is 9.41. The average molecular weight is 233 g/mol. The van der Waals surface area contributed by atoms with Gasteiger partial charge in [0.25, 0.3) is 0 Å². The molecule has 0 saturated heterocycles. The van der Waals surface area contributed by atoms with Gasteiger partial charge < -0.3 is 9.47 Å². The van der Waals surface area contributed by atoms with Crippen LogP contribution in [0.25, 0.3) is 0 Å². The highest BCUT2D eigenvalue weighted by Gasteiger charge is 1.95. The van der Waals surface area contributed by atoms with Crippen molar-refractivity contribution in [3.05, 3.63) is 16.9 Å². The Hall–Kier alpha value is -0.680. The van der Waals surface area contributed by atoms with Crippen LogP contribution in [-0.4, -0.2) is 30.3 Å². The number of methoxy groups -OCH3 is 1. The van der Waals surface area contributed by atoms with Gasteiger partial charge >= 0.3 is 6.01 Å². The Morgan fingerprint density at radius 2 is 2.00 bits per heavy atom. The van der Waals surface area contributed by atoms with Gasteiger partial charge in [-0.15, -0.1) is 0 Å². The van der Waals surface area contributed by atoms with Gasteiger partial charge in [0, 0.05) is 19.5 Å². The molecule has 0 bridgehead atoms. The minimum absolute atomic E-state index is 0.371. The highest BCUT2D eigenvalue weighted by Crippen LogP contribution is 2.07. The smallest absolute Gasteiger partial charge is 0.316 e. The van der Waals surface area contributed by atoms with Crippen molar-refractivity contribution in [3.8, 4) is 6.01 Å². The van der Waals surface area contributed by atoms with E-state index in [1.807, 2.05) is 0 Å². The van der Waals surface area contributed by atoms with E-state index >= 15 is 0 Å². The third-order valence-corrected chi connectivity index (χ3v) is 1.52. The summed E-state index contributed by atoms with van der Waals surface area (Å²) in [5, 5.41) is 0. The van der Waals surface area contributed by atoms with Gasteiger partial charge in [-0.3, -0.25) is 0 Å². The van der Waals surface area contributed by atoms with Crippen LogP contribution in [0.4, 0.5) is 0 Å². The fourth-order valence-corrected chi connectivity index (χ4v) is 0.796. The van der Waals surface area contributed by atoms with Gasteiger partial charge in [-0.05, 0) is 15.9 Å². The summed E-state index contributed by atoms with van der Waals surface area (Å²) in [6.07, 6.45) is 3.27. The first-order chi connectivity index (χ1) is 5.83. The molecule has 0 aliphatic rings. The Morgan fingerprint density at radius 1 is 1.33 bits per heavy atom. The van der Waals surface area contributed by atoms with Crippen LogP contribution in [0.5, 0.6) is 6.01 Å². The maximum absolute atomic E-state index is 5.13. The molecule has 0 aliphatic heterocycles. The molecule has 0 N–H and O–H groups in total. The van der Waals surface area contributed by atoms with E-state index in [1.165, 1.54) is 0 Å². The van der Waals surface area contributed by atoms with Crippen LogP contribution < -0.4 is 4.74 Å². The zero-order valence-electron chi connectivity index (χ0n) is 6.66. The molecule has 0 saturated carbocycles. The summed E-state index contributed by atoms with van der Waals surface area (Å²) in [4.78, 5) is 7.83. The Balaban J connectivity index is 2.37. The second-order valence-corrected chi connectivity index (χ2v) is 2.94. The van der Waals surface area contributed by atoms with Crippen molar-refractivity contribution in [2.24, 2.45) is 0 Å². The first-order valence-electron chi connectivity index (χ1n) is 3.42. The lowest BCUT2D eigenvalue weighted by atomic mass is 10.7. The van der Waals surface area contributed by atoms with E-state index in [0.717, 1.165) is 4.47 Å². The Bertz CT molecular complexity index is 227. The standard InChI is InChI=1S/C7H9BrN2O2/c1-11-2-3-12-7-9-4-6(8)5-10-7/h4-5H,2-3H2,1H3. The Labute approximate surface area is 79.1 Å². The summed E-state index contributed by atoms with van der Waals surface area (Å²) in [7, 11) is 1.62. The van der Waals surface area contributed by atoms with Crippen molar-refractivity contribution < 1.29 is 9.47 Å². The Kier molecular flexibility index (Phi) is 3.96. The molecule has 0 atom stereocenters. The molecule has 1 heterocycles. The second-order valence-electron chi connectivity index (χ2n) is 2.03. The molecule has 0 spiro atoms. The molecule has 0 unspecified atom stereocenters. The summed E-state index contributed by atoms with van der Waals surface area (Å²) >= 11 is 3.22. The SMILES string of the molecule is COCCOc1ncc(Br)cn1. The van der Waals surface area contributed by atoms with E-state index < -0.39 is 0 Å². The molecule has 0 aliphatic carbocycles. The molecule has 0 fully saturated rings. The monoisotopic (exact) mass is 232 g/mol. The fourth-order valence-electron chi connectivity index (χ4n) is 0.591. The lowest BCUT2D eigenvalue weighted by molar-refractivity contribution is 0.141. The zero-order valence-corrected chi connectivity index (χ0v) is 8.24. The molecule has 0 amide bonds. The van der Waals surface area contributed by atoms with E-state index in [1.54, 1.807) is 19.5 Å². The van der Waals surface area contributed by atoms with E-state index in [2.05, 4.69) is 25.9 Å². The van der Waals surface area contributed by atoms with Crippen LogP contribution in [-0.2, 0) is 4.74 Å². The number of aromatic nitrogens is 2. The second kappa shape index (κ2) is 5.05. The predicted octanol–water partition coefficient (Wildman–Crippen LogP) is 1.26. The summed E-state index contributed by atoms with van der Waals surface area (Å²) in [6, 6.07) is 0.371. The van der Waals surface area contributed by atoms with Crippen molar-refractivity contribution in [2.45, 2.75) is 0 Å². The highest BCUT2D eigenvalue weighted by molar-refractivity contribution is 9.10. The fraction of sp³-hybridized carbons (Fsp3) is 0.429. The van der Waals surface area contributed by atoms with Crippen molar-refractivity contribution in [1.82, 2.24) is 9.97 Å². The van der Waals surface area contributed by atoms with E-state index in [0.29, 0.717) is 19.2 Å². The largest absolute Gasteiger partial charge is 0.461 e. The van der Waals surface area contributed by atoms with Crippen LogP contribution in [0, 0.1) is 0 Å². The highest BCUT2D eigenvalue weighted by atomic mass is 79.9. The first-order valence-corrected chi connectivity index (χ1v) is 4.21. The molecule has 12 heavy (non-hydrogen) atoms. The lowest BCUT2D eigenvalue weighted by Crippen LogP contribution is -2.06. The molecule has 0 aromatic carbocycles. The maximum atomic E-state index is 5.13. The van der Waals surface area contributed by atoms with Crippen LogP contribution in [0.3, 0.4) is 0 Å². The van der Waals surface area contributed by atoms with Gasteiger partial charge in [-0.25, -0.2) is 9.97 Å². The van der Waals surface area contributed by atoms with E-state index in [9.17, 15) is 0 Å². The molecule has 66 valence electrons. The van der Waals surface area contributed by atoms with E-state index in [4.69, 9.17) is 9.47 Å². The van der Waals surface area contributed by atoms with Gasteiger partial charge in [-0.2, -0.15) is 0 Å². The Morgan fingerprint density at radius 3 is 2.58 bits per heavy atom. The van der Waals surface area contributed by atoms with Gasteiger partial charge in [0.2, 0.25) is 0 Å². The molecule has 4 nitrogen and oxygen atoms in total. The van der Waals surface area contributed by atoms with Crippen LogP contribution in [0.15, 0.2) is 16.9 Å². The van der Waals surface area contributed by atoms with Gasteiger partial charge in [0.05, 0.1) is 11.1 Å². The van der Waals surface area contributed by atoms with Gasteiger partial charge in [0.1, 0.15) is 6.61 Å². The van der Waals surface area contributed by atoms with Crippen molar-refractivity contribution >= 4 is 15.9 Å². The molecular weight excluding hydrogens is 224 g/mol. The number of hydrogen-bond donors (Lipinski definition) is 0. The van der Waals surface area contributed by atoms with Crippen LogP contribution >= 0.6 is 15.9 Å². The summed E-state index contributed by atoms with van der Waals surface area (Å²) < 4.78 is 10.8. The number of hydrogen-bond acceptors (Lipinski definition) is 4. The van der Waals surface area contributed by atoms with E-state index in [-0.39, 0.29) is 0 Å². The normalized spacial score (nSPS) is 9.83. The van der Waals surface area contributed by atoms with Crippen LogP contribution in [0.2, 0.25) is 0 Å².